The fraction of sp³-hybridized carbons (Fsp3) is 0.133. The number of nitrogens with one attached hydrogen (secondary N) is 1. The molecule has 0 fully saturated rings. The number of aryl methyl sites for hydroxylation is 2. The predicted octanol–water partition coefficient (Wildman–Crippen LogP) is 3.88. The van der Waals surface area contributed by atoms with E-state index in [4.69, 9.17) is 5.11 Å². The van der Waals surface area contributed by atoms with Crippen molar-refractivity contribution in [3.05, 3.63) is 58.9 Å². The van der Waals surface area contributed by atoms with E-state index in [1.54, 1.807) is 0 Å². The van der Waals surface area contributed by atoms with Crippen molar-refractivity contribution in [3.8, 4) is 0 Å². The Hall–Kier alpha value is -2.36. The minimum absolute atomic E-state index is 0.0139. The van der Waals surface area contributed by atoms with Crippen LogP contribution >= 0.6 is 0 Å². The summed E-state index contributed by atoms with van der Waals surface area (Å²) in [4.78, 5) is 11.1. The number of aromatic carboxylic acids is 1. The fourth-order valence-corrected chi connectivity index (χ4v) is 2.02. The lowest BCUT2D eigenvalue weighted by atomic mass is 10.1. The molecule has 2 N–H and O–H groups in total. The monoisotopic (exact) mass is 259 g/mol. The van der Waals surface area contributed by atoms with E-state index in [9.17, 15) is 9.18 Å². The van der Waals surface area contributed by atoms with Gasteiger partial charge in [0.1, 0.15) is 5.82 Å². The van der Waals surface area contributed by atoms with Gasteiger partial charge in [0.25, 0.3) is 0 Å². The lowest BCUT2D eigenvalue weighted by Crippen LogP contribution is -2.05. The second-order valence-corrected chi connectivity index (χ2v) is 4.47. The maximum Gasteiger partial charge on any atom is 0.337 e. The Kier molecular flexibility index (Phi) is 3.51. The minimum atomic E-state index is -1.16. The molecule has 0 aliphatic heterocycles. The first-order valence-electron chi connectivity index (χ1n) is 5.84. The van der Waals surface area contributed by atoms with Gasteiger partial charge < -0.3 is 10.4 Å². The van der Waals surface area contributed by atoms with Crippen molar-refractivity contribution in [2.24, 2.45) is 0 Å². The molecule has 0 aromatic heterocycles. The van der Waals surface area contributed by atoms with Gasteiger partial charge in [0, 0.05) is 5.69 Å². The summed E-state index contributed by atoms with van der Waals surface area (Å²) < 4.78 is 13.8. The first-order valence-corrected chi connectivity index (χ1v) is 5.84. The third kappa shape index (κ3) is 2.91. The Morgan fingerprint density at radius 2 is 1.79 bits per heavy atom. The van der Waals surface area contributed by atoms with Gasteiger partial charge in [0.15, 0.2) is 0 Å². The zero-order chi connectivity index (χ0) is 14.0. The summed E-state index contributed by atoms with van der Waals surface area (Å²) >= 11 is 0. The third-order valence-electron chi connectivity index (χ3n) is 2.74. The Bertz CT molecular complexity index is 618. The van der Waals surface area contributed by atoms with Gasteiger partial charge in [0.05, 0.1) is 11.3 Å². The van der Waals surface area contributed by atoms with Gasteiger partial charge >= 0.3 is 5.97 Å². The SMILES string of the molecule is Cc1cc(C)cc(Nc2c(F)cccc2C(=O)O)c1. The van der Waals surface area contributed by atoms with Crippen LogP contribution in [-0.2, 0) is 0 Å². The lowest BCUT2D eigenvalue weighted by molar-refractivity contribution is 0.0697. The molecular weight excluding hydrogens is 245 g/mol. The van der Waals surface area contributed by atoms with Crippen LogP contribution in [-0.4, -0.2) is 11.1 Å². The number of carbonyl (C=O) groups is 1. The molecule has 0 bridgehead atoms. The number of rotatable bonds is 3. The van der Waals surface area contributed by atoms with Crippen molar-refractivity contribution in [2.75, 3.05) is 5.32 Å². The van der Waals surface area contributed by atoms with Gasteiger partial charge in [-0.1, -0.05) is 12.1 Å². The topological polar surface area (TPSA) is 49.3 Å². The number of para-hydroxylation sites is 1. The molecule has 19 heavy (non-hydrogen) atoms. The van der Waals surface area contributed by atoms with E-state index >= 15 is 0 Å². The highest BCUT2D eigenvalue weighted by molar-refractivity contribution is 5.95. The second-order valence-electron chi connectivity index (χ2n) is 4.47. The number of benzene rings is 2. The molecule has 0 atom stereocenters. The van der Waals surface area contributed by atoms with E-state index < -0.39 is 11.8 Å². The molecule has 3 nitrogen and oxygen atoms in total. The predicted molar refractivity (Wildman–Crippen MR) is 72.6 cm³/mol. The molecule has 0 saturated carbocycles. The zero-order valence-corrected chi connectivity index (χ0v) is 10.7. The first-order chi connectivity index (χ1) is 8.97. The Labute approximate surface area is 110 Å². The van der Waals surface area contributed by atoms with Crippen LogP contribution in [0, 0.1) is 19.7 Å². The van der Waals surface area contributed by atoms with Crippen LogP contribution in [0.5, 0.6) is 0 Å². The van der Waals surface area contributed by atoms with Crippen LogP contribution < -0.4 is 5.32 Å². The molecule has 0 unspecified atom stereocenters. The highest BCUT2D eigenvalue weighted by atomic mass is 19.1. The number of anilines is 2. The Morgan fingerprint density at radius 1 is 1.16 bits per heavy atom. The van der Waals surface area contributed by atoms with Gasteiger partial charge in [-0.3, -0.25) is 0 Å². The summed E-state index contributed by atoms with van der Waals surface area (Å²) in [6.07, 6.45) is 0. The van der Waals surface area contributed by atoms with Crippen LogP contribution in [0.15, 0.2) is 36.4 Å². The van der Waals surface area contributed by atoms with E-state index in [0.717, 1.165) is 11.1 Å². The molecule has 0 aliphatic rings. The van der Waals surface area contributed by atoms with Gasteiger partial charge in [-0.05, 0) is 49.2 Å². The normalized spacial score (nSPS) is 10.3. The molecule has 2 aromatic rings. The first kappa shape index (κ1) is 13.1. The lowest BCUT2D eigenvalue weighted by Gasteiger charge is -2.12. The number of hydrogen-bond acceptors (Lipinski definition) is 2. The number of carboxylic acids is 1. The smallest absolute Gasteiger partial charge is 0.337 e. The summed E-state index contributed by atoms with van der Waals surface area (Å²) in [6.45, 7) is 3.86. The van der Waals surface area contributed by atoms with Crippen LogP contribution in [0.3, 0.4) is 0 Å². The van der Waals surface area contributed by atoms with Gasteiger partial charge in [-0.2, -0.15) is 0 Å². The molecular formula is C15H14FNO2. The third-order valence-corrected chi connectivity index (χ3v) is 2.74. The standard InChI is InChI=1S/C15H14FNO2/c1-9-6-10(2)8-11(7-9)17-14-12(15(18)19)4-3-5-13(14)16/h3-8,17H,1-2H3,(H,18,19). The number of carboxylic acid groups (broad SMARTS) is 1. The molecule has 0 amide bonds. The van der Waals surface area contributed by atoms with Crippen LogP contribution in [0.4, 0.5) is 15.8 Å². The summed E-state index contributed by atoms with van der Waals surface area (Å²) in [5, 5.41) is 11.9. The molecule has 2 aromatic carbocycles. The molecule has 0 aliphatic carbocycles. The van der Waals surface area contributed by atoms with Crippen molar-refractivity contribution in [1.29, 1.82) is 0 Å². The zero-order valence-electron chi connectivity index (χ0n) is 10.7. The van der Waals surface area contributed by atoms with Crippen molar-refractivity contribution < 1.29 is 14.3 Å². The summed E-state index contributed by atoms with van der Waals surface area (Å²) in [6, 6.07) is 9.65. The minimum Gasteiger partial charge on any atom is -0.478 e. The average Bonchev–Trinajstić information content (AvgIpc) is 2.30. The highest BCUT2D eigenvalue weighted by Crippen LogP contribution is 2.25. The summed E-state index contributed by atoms with van der Waals surface area (Å²) in [5.41, 5.74) is 2.62. The van der Waals surface area contributed by atoms with Crippen LogP contribution in [0.1, 0.15) is 21.5 Å². The van der Waals surface area contributed by atoms with Crippen LogP contribution in [0.2, 0.25) is 0 Å². The number of hydrogen-bond donors (Lipinski definition) is 2. The van der Waals surface area contributed by atoms with E-state index in [2.05, 4.69) is 5.32 Å². The van der Waals surface area contributed by atoms with Gasteiger partial charge in [0.2, 0.25) is 0 Å². The summed E-state index contributed by atoms with van der Waals surface area (Å²) in [7, 11) is 0. The molecule has 0 radical (unpaired) electrons. The molecule has 4 heteroatoms. The molecule has 98 valence electrons. The van der Waals surface area contributed by atoms with Gasteiger partial charge in [-0.25, -0.2) is 9.18 Å². The van der Waals surface area contributed by atoms with E-state index in [1.165, 1.54) is 18.2 Å². The van der Waals surface area contributed by atoms with E-state index in [0.29, 0.717) is 5.69 Å². The molecule has 0 heterocycles. The Morgan fingerprint density at radius 3 is 2.37 bits per heavy atom. The van der Waals surface area contributed by atoms with E-state index in [1.807, 2.05) is 32.0 Å². The largest absolute Gasteiger partial charge is 0.478 e. The van der Waals surface area contributed by atoms with Crippen molar-refractivity contribution in [3.63, 3.8) is 0 Å². The van der Waals surface area contributed by atoms with E-state index in [-0.39, 0.29) is 11.3 Å². The van der Waals surface area contributed by atoms with Gasteiger partial charge in [-0.15, -0.1) is 0 Å². The quantitative estimate of drug-likeness (QED) is 0.879. The molecule has 0 saturated heterocycles. The van der Waals surface area contributed by atoms with Crippen molar-refractivity contribution >= 4 is 17.3 Å². The number of halogens is 1. The molecule has 2 rings (SSSR count). The second kappa shape index (κ2) is 5.10. The van der Waals surface area contributed by atoms with Crippen molar-refractivity contribution in [2.45, 2.75) is 13.8 Å². The summed E-state index contributed by atoms with van der Waals surface area (Å²) in [5.74, 6) is -1.74. The average molecular weight is 259 g/mol. The van der Waals surface area contributed by atoms with Crippen LogP contribution in [0.25, 0.3) is 0 Å². The fourth-order valence-electron chi connectivity index (χ4n) is 2.02. The maximum absolute atomic E-state index is 13.8. The maximum atomic E-state index is 13.8. The highest BCUT2D eigenvalue weighted by Gasteiger charge is 2.14. The Balaban J connectivity index is 2.45. The molecule has 0 spiro atoms. The van der Waals surface area contributed by atoms with Crippen molar-refractivity contribution in [1.82, 2.24) is 0 Å².